The van der Waals surface area contributed by atoms with Crippen molar-refractivity contribution in [3.63, 3.8) is 0 Å². The van der Waals surface area contributed by atoms with Crippen molar-refractivity contribution in [3.05, 3.63) is 0 Å². The van der Waals surface area contributed by atoms with Crippen molar-refractivity contribution in [2.75, 3.05) is 0 Å². The van der Waals surface area contributed by atoms with Gasteiger partial charge in [0.05, 0.1) is 5.92 Å². The maximum atomic E-state index is 10.5. The highest BCUT2D eigenvalue weighted by atomic mass is 16.4. The summed E-state index contributed by atoms with van der Waals surface area (Å²) in [5, 5.41) is 15.1. The van der Waals surface area contributed by atoms with Gasteiger partial charge in [-0.2, -0.15) is 0 Å². The molecule has 0 unspecified atom stereocenters. The van der Waals surface area contributed by atoms with Gasteiger partial charge in [0, 0.05) is 6.57 Å². The minimum absolute atomic E-state index is 0.102. The van der Waals surface area contributed by atoms with E-state index in [4.69, 9.17) is 10.4 Å². The van der Waals surface area contributed by atoms with Crippen LogP contribution in [-0.2, 0) is 4.79 Å². The summed E-state index contributed by atoms with van der Waals surface area (Å²) in [5.41, 5.74) is 0. The molecule has 3 nitrogen and oxygen atoms in total. The number of hydrogen-bond donors (Lipinski definition) is 1. The molecular formula is C9H17NO2. The van der Waals surface area contributed by atoms with Crippen molar-refractivity contribution in [1.82, 2.24) is 0 Å². The van der Waals surface area contributed by atoms with Gasteiger partial charge in [0.1, 0.15) is 0 Å². The highest BCUT2D eigenvalue weighted by Gasteiger charge is 2.13. The molecule has 0 atom stereocenters. The van der Waals surface area contributed by atoms with Crippen LogP contribution in [0.1, 0.15) is 39.5 Å². The van der Waals surface area contributed by atoms with Crippen LogP contribution in [-0.4, -0.2) is 11.1 Å². The predicted octanol–water partition coefficient (Wildman–Crippen LogP) is 2.43. The lowest BCUT2D eigenvalue weighted by atomic mass is 9.99. The first-order valence-electron chi connectivity index (χ1n) is 4.21. The fourth-order valence-corrected chi connectivity index (χ4v) is 1.09. The summed E-state index contributed by atoms with van der Waals surface area (Å²) >= 11 is 0. The Morgan fingerprint density at radius 3 is 1.83 bits per heavy atom. The van der Waals surface area contributed by atoms with Gasteiger partial charge < -0.3 is 5.11 Å². The van der Waals surface area contributed by atoms with E-state index >= 15 is 0 Å². The number of rotatable bonds is 5. The van der Waals surface area contributed by atoms with Crippen LogP contribution in [0.25, 0.3) is 0 Å². The molecule has 0 aromatic rings. The molecule has 0 aromatic heterocycles. The molecule has 0 rings (SSSR count). The number of carboxylic acid groups (broad SMARTS) is 1. The number of hydrogen-bond acceptors (Lipinski definition) is 2. The summed E-state index contributed by atoms with van der Waals surface area (Å²) < 4.78 is 0. The summed E-state index contributed by atoms with van der Waals surface area (Å²) in [5.74, 6) is -0.737. The molecule has 12 heavy (non-hydrogen) atoms. The fraction of sp³-hybridized carbons (Fsp3) is 0.778. The average molecular weight is 171 g/mol. The first-order valence-corrected chi connectivity index (χ1v) is 4.21. The standard InChI is InChI=1S/C8H16O2.CHN/c1-3-5-7(6-4-2)8(9)10;1-2/h7H,3-6H2,1-2H3,(H,9,10);1H. The third-order valence-electron chi connectivity index (χ3n) is 1.62. The van der Waals surface area contributed by atoms with Crippen molar-refractivity contribution in [3.8, 4) is 6.57 Å². The predicted molar refractivity (Wildman–Crippen MR) is 47.6 cm³/mol. The van der Waals surface area contributed by atoms with Crippen LogP contribution in [0.5, 0.6) is 0 Å². The Hall–Kier alpha value is -1.04. The van der Waals surface area contributed by atoms with Crippen LogP contribution in [0.2, 0.25) is 0 Å². The third-order valence-corrected chi connectivity index (χ3v) is 1.62. The number of carboxylic acids is 1. The molecule has 0 amide bonds. The van der Waals surface area contributed by atoms with Crippen molar-refractivity contribution < 1.29 is 9.90 Å². The second kappa shape index (κ2) is 9.96. The van der Waals surface area contributed by atoms with E-state index in [-0.39, 0.29) is 5.92 Å². The second-order valence-corrected chi connectivity index (χ2v) is 2.61. The first-order chi connectivity index (χ1) is 5.72. The maximum Gasteiger partial charge on any atom is 0.306 e. The minimum atomic E-state index is -0.635. The van der Waals surface area contributed by atoms with Gasteiger partial charge in [-0.15, -0.1) is 0 Å². The molecule has 0 aliphatic rings. The lowest BCUT2D eigenvalue weighted by molar-refractivity contribution is -0.142. The van der Waals surface area contributed by atoms with E-state index in [9.17, 15) is 4.79 Å². The summed E-state index contributed by atoms with van der Waals surface area (Å²) in [6.45, 7) is 7.54. The van der Waals surface area contributed by atoms with Crippen LogP contribution < -0.4 is 0 Å². The summed E-state index contributed by atoms with van der Waals surface area (Å²) in [4.78, 5) is 10.5. The molecule has 1 N–H and O–H groups in total. The largest absolute Gasteiger partial charge is 0.481 e. The zero-order valence-electron chi connectivity index (χ0n) is 7.79. The molecule has 0 saturated heterocycles. The van der Waals surface area contributed by atoms with E-state index in [1.54, 1.807) is 0 Å². The highest BCUT2D eigenvalue weighted by molar-refractivity contribution is 5.69. The number of nitrogens with zero attached hydrogens (tertiary/aromatic N) is 1. The Labute approximate surface area is 74.0 Å². The SMILES string of the molecule is C#N.CCCC(CCC)C(=O)O. The average Bonchev–Trinajstić information content (AvgIpc) is 2.08. The van der Waals surface area contributed by atoms with Crippen LogP contribution >= 0.6 is 0 Å². The lowest BCUT2D eigenvalue weighted by Crippen LogP contribution is -2.12. The molecule has 0 spiro atoms. The lowest BCUT2D eigenvalue weighted by Gasteiger charge is -2.07. The van der Waals surface area contributed by atoms with Crippen molar-refractivity contribution in [1.29, 1.82) is 5.26 Å². The van der Waals surface area contributed by atoms with E-state index < -0.39 is 5.97 Å². The summed E-state index contributed by atoms with van der Waals surface area (Å²) in [7, 11) is 0. The quantitative estimate of drug-likeness (QED) is 0.691. The van der Waals surface area contributed by atoms with E-state index in [2.05, 4.69) is 6.57 Å². The Kier molecular flexibility index (Phi) is 11.2. The van der Waals surface area contributed by atoms with Crippen molar-refractivity contribution in [2.24, 2.45) is 5.92 Å². The zero-order valence-corrected chi connectivity index (χ0v) is 7.79. The third kappa shape index (κ3) is 7.07. The van der Waals surface area contributed by atoms with Crippen LogP contribution in [0.3, 0.4) is 0 Å². The zero-order chi connectivity index (χ0) is 9.98. The van der Waals surface area contributed by atoms with Crippen molar-refractivity contribution >= 4 is 5.97 Å². The van der Waals surface area contributed by atoms with Gasteiger partial charge in [0.2, 0.25) is 0 Å². The summed E-state index contributed by atoms with van der Waals surface area (Å²) in [6, 6.07) is 0. The fourth-order valence-electron chi connectivity index (χ4n) is 1.09. The first kappa shape index (κ1) is 13.5. The monoisotopic (exact) mass is 171 g/mol. The molecule has 0 aromatic carbocycles. The smallest absolute Gasteiger partial charge is 0.306 e. The molecule has 0 heterocycles. The van der Waals surface area contributed by atoms with E-state index in [1.807, 2.05) is 13.8 Å². The summed E-state index contributed by atoms with van der Waals surface area (Å²) in [6.07, 6.45) is 3.58. The molecular weight excluding hydrogens is 154 g/mol. The minimum Gasteiger partial charge on any atom is -0.481 e. The molecule has 0 aliphatic carbocycles. The normalized spacial score (nSPS) is 8.75. The molecule has 0 saturated carbocycles. The second-order valence-electron chi connectivity index (χ2n) is 2.61. The number of nitriles is 1. The topological polar surface area (TPSA) is 61.1 Å². The Bertz CT molecular complexity index is 126. The molecule has 70 valence electrons. The Morgan fingerprint density at radius 1 is 1.33 bits per heavy atom. The number of carbonyl (C=O) groups is 1. The van der Waals surface area contributed by atoms with Crippen LogP contribution in [0.15, 0.2) is 0 Å². The molecule has 3 heteroatoms. The Balaban J connectivity index is 0. The molecule has 0 radical (unpaired) electrons. The van der Waals surface area contributed by atoms with Gasteiger partial charge in [-0.25, -0.2) is 5.26 Å². The Morgan fingerprint density at radius 2 is 1.67 bits per heavy atom. The van der Waals surface area contributed by atoms with E-state index in [0.717, 1.165) is 25.7 Å². The molecule has 0 fully saturated rings. The van der Waals surface area contributed by atoms with Gasteiger partial charge in [-0.1, -0.05) is 26.7 Å². The van der Waals surface area contributed by atoms with Crippen LogP contribution in [0, 0.1) is 17.8 Å². The van der Waals surface area contributed by atoms with Gasteiger partial charge >= 0.3 is 5.97 Å². The van der Waals surface area contributed by atoms with Gasteiger partial charge in [0.15, 0.2) is 0 Å². The van der Waals surface area contributed by atoms with Gasteiger partial charge in [-0.3, -0.25) is 4.79 Å². The van der Waals surface area contributed by atoms with E-state index in [0.29, 0.717) is 0 Å². The van der Waals surface area contributed by atoms with Gasteiger partial charge in [0.25, 0.3) is 0 Å². The van der Waals surface area contributed by atoms with Crippen molar-refractivity contribution in [2.45, 2.75) is 39.5 Å². The van der Waals surface area contributed by atoms with E-state index in [1.165, 1.54) is 0 Å². The highest BCUT2D eigenvalue weighted by Crippen LogP contribution is 2.12. The molecule has 0 bridgehead atoms. The van der Waals surface area contributed by atoms with Crippen LogP contribution in [0.4, 0.5) is 0 Å². The maximum absolute atomic E-state index is 10.5. The van der Waals surface area contributed by atoms with Gasteiger partial charge in [-0.05, 0) is 12.8 Å². The number of aliphatic carboxylic acids is 1. The molecule has 0 aliphatic heterocycles.